The minimum absolute atomic E-state index is 0.0634. The van der Waals surface area contributed by atoms with Gasteiger partial charge in [-0.25, -0.2) is 14.6 Å². The molecule has 4 rings (SSSR count). The summed E-state index contributed by atoms with van der Waals surface area (Å²) in [7, 11) is 0. The van der Waals surface area contributed by atoms with Crippen molar-refractivity contribution >= 4 is 5.82 Å². The number of nitrogens with zero attached hydrogens (tertiary/aromatic N) is 6. The van der Waals surface area contributed by atoms with E-state index in [-0.39, 0.29) is 12.6 Å². The van der Waals surface area contributed by atoms with E-state index in [2.05, 4.69) is 26.3 Å². The third-order valence-corrected chi connectivity index (χ3v) is 4.87. The van der Waals surface area contributed by atoms with Crippen molar-refractivity contribution in [1.82, 2.24) is 25.0 Å². The molecule has 1 N–H and O–H groups in total. The van der Waals surface area contributed by atoms with E-state index in [9.17, 15) is 5.11 Å². The monoisotopic (exact) mass is 328 g/mol. The van der Waals surface area contributed by atoms with Crippen molar-refractivity contribution < 1.29 is 5.11 Å². The summed E-state index contributed by atoms with van der Waals surface area (Å²) >= 11 is 0. The summed E-state index contributed by atoms with van der Waals surface area (Å²) in [5, 5.41) is 17.3. The van der Waals surface area contributed by atoms with Crippen molar-refractivity contribution in [3.8, 4) is 0 Å². The Morgan fingerprint density at radius 2 is 2.12 bits per heavy atom. The number of piperidine rings is 1. The van der Waals surface area contributed by atoms with Gasteiger partial charge in [0.1, 0.15) is 17.3 Å². The Hall–Kier alpha value is -2.02. The van der Waals surface area contributed by atoms with Crippen LogP contribution in [0.5, 0.6) is 0 Å². The molecule has 24 heavy (non-hydrogen) atoms. The van der Waals surface area contributed by atoms with Gasteiger partial charge in [0.15, 0.2) is 0 Å². The highest BCUT2D eigenvalue weighted by molar-refractivity contribution is 5.40. The highest BCUT2D eigenvalue weighted by Gasteiger charge is 2.26. The summed E-state index contributed by atoms with van der Waals surface area (Å²) in [6.07, 6.45) is 7.66. The second-order valence-corrected chi connectivity index (χ2v) is 7.02. The standard InChI is InChI=1S/C17H24N6O/c1-12-7-17(19-16(18-12)8-13-4-5-13)22-6-2-3-15(10-22)23-9-14(11-24)20-21-23/h7,9,13,15,24H,2-6,8,10-11H2,1H3. The summed E-state index contributed by atoms with van der Waals surface area (Å²) < 4.78 is 1.89. The van der Waals surface area contributed by atoms with Gasteiger partial charge in [-0.1, -0.05) is 5.21 Å². The highest BCUT2D eigenvalue weighted by atomic mass is 16.3. The summed E-state index contributed by atoms with van der Waals surface area (Å²) in [6, 6.07) is 2.35. The Morgan fingerprint density at radius 3 is 2.88 bits per heavy atom. The highest BCUT2D eigenvalue weighted by Crippen LogP contribution is 2.32. The van der Waals surface area contributed by atoms with Crippen LogP contribution in [0.3, 0.4) is 0 Å². The molecule has 128 valence electrons. The Bertz CT molecular complexity index is 711. The van der Waals surface area contributed by atoms with Crippen molar-refractivity contribution in [3.63, 3.8) is 0 Å². The molecule has 0 radical (unpaired) electrons. The van der Waals surface area contributed by atoms with Crippen LogP contribution >= 0.6 is 0 Å². The molecule has 1 aliphatic carbocycles. The van der Waals surface area contributed by atoms with Crippen molar-refractivity contribution in [1.29, 1.82) is 0 Å². The van der Waals surface area contributed by atoms with Crippen LogP contribution in [0.4, 0.5) is 5.82 Å². The van der Waals surface area contributed by atoms with Crippen molar-refractivity contribution in [2.75, 3.05) is 18.0 Å². The van der Waals surface area contributed by atoms with Crippen molar-refractivity contribution in [2.24, 2.45) is 5.92 Å². The van der Waals surface area contributed by atoms with E-state index in [0.717, 1.165) is 55.6 Å². The zero-order chi connectivity index (χ0) is 16.5. The maximum Gasteiger partial charge on any atom is 0.132 e. The van der Waals surface area contributed by atoms with Gasteiger partial charge in [0.25, 0.3) is 0 Å². The first-order chi connectivity index (χ1) is 11.7. The fraction of sp³-hybridized carbons (Fsp3) is 0.647. The second-order valence-electron chi connectivity index (χ2n) is 7.02. The van der Waals surface area contributed by atoms with Gasteiger partial charge in [-0.3, -0.25) is 0 Å². The number of hydrogen-bond donors (Lipinski definition) is 1. The molecular weight excluding hydrogens is 304 g/mol. The van der Waals surface area contributed by atoms with E-state index in [1.165, 1.54) is 12.8 Å². The number of aryl methyl sites for hydroxylation is 1. The third-order valence-electron chi connectivity index (χ3n) is 4.87. The van der Waals surface area contributed by atoms with Gasteiger partial charge >= 0.3 is 0 Å². The Kier molecular flexibility index (Phi) is 4.18. The van der Waals surface area contributed by atoms with Crippen LogP contribution < -0.4 is 4.90 Å². The fourth-order valence-electron chi connectivity index (χ4n) is 3.39. The maximum atomic E-state index is 9.17. The van der Waals surface area contributed by atoms with E-state index in [0.29, 0.717) is 5.69 Å². The Morgan fingerprint density at radius 1 is 1.25 bits per heavy atom. The third kappa shape index (κ3) is 3.40. The largest absolute Gasteiger partial charge is 0.390 e. The molecule has 1 atom stereocenters. The molecule has 7 nitrogen and oxygen atoms in total. The van der Waals surface area contributed by atoms with E-state index in [4.69, 9.17) is 4.98 Å². The summed E-state index contributed by atoms with van der Waals surface area (Å²) in [5.41, 5.74) is 1.66. The lowest BCUT2D eigenvalue weighted by Gasteiger charge is -2.33. The van der Waals surface area contributed by atoms with Crippen LogP contribution in [0.2, 0.25) is 0 Å². The molecule has 1 saturated carbocycles. The molecule has 2 aromatic heterocycles. The van der Waals surface area contributed by atoms with Crippen LogP contribution in [-0.4, -0.2) is 43.2 Å². The van der Waals surface area contributed by atoms with Crippen molar-refractivity contribution in [2.45, 2.75) is 51.7 Å². The topological polar surface area (TPSA) is 80.0 Å². The molecule has 0 spiro atoms. The van der Waals surface area contributed by atoms with Gasteiger partial charge in [0, 0.05) is 31.3 Å². The van der Waals surface area contributed by atoms with Gasteiger partial charge in [0.05, 0.1) is 18.8 Å². The van der Waals surface area contributed by atoms with Crippen LogP contribution in [0.15, 0.2) is 12.3 Å². The molecule has 2 aliphatic rings. The fourth-order valence-corrected chi connectivity index (χ4v) is 3.39. The quantitative estimate of drug-likeness (QED) is 0.899. The van der Waals surface area contributed by atoms with Gasteiger partial charge in [0.2, 0.25) is 0 Å². The number of aliphatic hydroxyl groups excluding tert-OH is 1. The summed E-state index contributed by atoms with van der Waals surface area (Å²) in [5.74, 6) is 2.81. The second kappa shape index (κ2) is 6.47. The first-order valence-corrected chi connectivity index (χ1v) is 8.82. The average molecular weight is 328 g/mol. The van der Waals surface area contributed by atoms with Gasteiger partial charge in [-0.15, -0.1) is 5.10 Å². The molecule has 2 aromatic rings. The molecule has 3 heterocycles. The number of aliphatic hydroxyl groups is 1. The van der Waals surface area contributed by atoms with Crippen LogP contribution in [0, 0.1) is 12.8 Å². The molecular formula is C17H24N6O. The predicted octanol–water partition coefficient (Wildman–Crippen LogP) is 1.66. The normalized spacial score (nSPS) is 21.2. The van der Waals surface area contributed by atoms with E-state index < -0.39 is 0 Å². The summed E-state index contributed by atoms with van der Waals surface area (Å²) in [6.45, 7) is 3.87. The molecule has 0 bridgehead atoms. The molecule has 2 fully saturated rings. The number of hydrogen-bond acceptors (Lipinski definition) is 6. The lowest BCUT2D eigenvalue weighted by atomic mass is 10.1. The van der Waals surface area contributed by atoms with Crippen LogP contribution in [-0.2, 0) is 13.0 Å². The SMILES string of the molecule is Cc1cc(N2CCCC(n3cc(CO)nn3)C2)nc(CC2CC2)n1. The number of rotatable bonds is 5. The minimum Gasteiger partial charge on any atom is -0.390 e. The van der Waals surface area contributed by atoms with E-state index >= 15 is 0 Å². The minimum atomic E-state index is -0.0634. The molecule has 1 unspecified atom stereocenters. The van der Waals surface area contributed by atoms with Gasteiger partial charge in [-0.2, -0.15) is 0 Å². The molecule has 1 aliphatic heterocycles. The smallest absolute Gasteiger partial charge is 0.132 e. The zero-order valence-electron chi connectivity index (χ0n) is 14.1. The lowest BCUT2D eigenvalue weighted by molar-refractivity contribution is 0.276. The number of anilines is 1. The molecule has 0 aromatic carbocycles. The lowest BCUT2D eigenvalue weighted by Crippen LogP contribution is -2.37. The Labute approximate surface area is 141 Å². The van der Waals surface area contributed by atoms with E-state index in [1.807, 2.05) is 17.8 Å². The van der Waals surface area contributed by atoms with E-state index in [1.54, 1.807) is 0 Å². The maximum absolute atomic E-state index is 9.17. The van der Waals surface area contributed by atoms with Crippen molar-refractivity contribution in [3.05, 3.63) is 29.5 Å². The molecule has 0 amide bonds. The summed E-state index contributed by atoms with van der Waals surface area (Å²) in [4.78, 5) is 11.8. The zero-order valence-corrected chi connectivity index (χ0v) is 14.1. The average Bonchev–Trinajstić information content (AvgIpc) is 3.27. The number of aromatic nitrogens is 5. The Balaban J connectivity index is 1.51. The van der Waals surface area contributed by atoms with Crippen LogP contribution in [0.25, 0.3) is 0 Å². The first kappa shape index (κ1) is 15.5. The first-order valence-electron chi connectivity index (χ1n) is 8.82. The van der Waals surface area contributed by atoms with Gasteiger partial charge in [-0.05, 0) is 38.5 Å². The predicted molar refractivity (Wildman–Crippen MR) is 89.6 cm³/mol. The molecule has 7 heteroatoms. The molecule has 1 saturated heterocycles. The van der Waals surface area contributed by atoms with Crippen LogP contribution in [0.1, 0.15) is 48.9 Å². The van der Waals surface area contributed by atoms with Gasteiger partial charge < -0.3 is 10.0 Å².